The molecule has 0 aliphatic carbocycles. The monoisotopic (exact) mass is 298 g/mol. The molecular weight excluding hydrogens is 280 g/mol. The molecule has 3 aromatic rings. The quantitative estimate of drug-likeness (QED) is 0.772. The van der Waals surface area contributed by atoms with Crippen LogP contribution in [0.25, 0.3) is 20.8 Å². The Labute approximate surface area is 128 Å². The van der Waals surface area contributed by atoms with Gasteiger partial charge in [0.25, 0.3) is 0 Å². The Kier molecular flexibility index (Phi) is 4.18. The Morgan fingerprint density at radius 3 is 2.62 bits per heavy atom. The molecule has 0 amide bonds. The van der Waals surface area contributed by atoms with E-state index in [1.165, 1.54) is 4.70 Å². The Hall–Kier alpha value is -1.91. The number of benzene rings is 2. The first-order valence-electron chi connectivity index (χ1n) is 7.10. The maximum Gasteiger partial charge on any atom is 0.124 e. The predicted octanol–water partition coefficient (Wildman–Crippen LogP) is 4.08. The number of para-hydroxylation sites is 1. The minimum atomic E-state index is 0.0916. The molecule has 1 heterocycles. The Morgan fingerprint density at radius 1 is 1.14 bits per heavy atom. The van der Waals surface area contributed by atoms with E-state index in [2.05, 4.69) is 18.0 Å². The lowest BCUT2D eigenvalue weighted by atomic mass is 10.2. The third-order valence-electron chi connectivity index (χ3n) is 3.38. The van der Waals surface area contributed by atoms with E-state index in [0.717, 1.165) is 28.3 Å². The van der Waals surface area contributed by atoms with Crippen LogP contribution in [0.15, 0.2) is 48.5 Å². The van der Waals surface area contributed by atoms with Crippen molar-refractivity contribution < 1.29 is 4.74 Å². The van der Waals surface area contributed by atoms with Gasteiger partial charge < -0.3 is 10.5 Å². The number of thiazole rings is 1. The summed E-state index contributed by atoms with van der Waals surface area (Å²) in [7, 11) is 0. The van der Waals surface area contributed by atoms with E-state index in [1.807, 2.05) is 42.5 Å². The second kappa shape index (κ2) is 6.24. The molecule has 4 heteroatoms. The molecule has 3 rings (SSSR count). The first-order chi connectivity index (χ1) is 10.3. The van der Waals surface area contributed by atoms with Gasteiger partial charge in [0.15, 0.2) is 0 Å². The van der Waals surface area contributed by atoms with Crippen LogP contribution in [0.1, 0.15) is 13.3 Å². The zero-order chi connectivity index (χ0) is 14.7. The second-order valence-corrected chi connectivity index (χ2v) is 6.02. The van der Waals surface area contributed by atoms with Crippen molar-refractivity contribution in [3.8, 4) is 16.3 Å². The summed E-state index contributed by atoms with van der Waals surface area (Å²) in [6.45, 7) is 2.61. The van der Waals surface area contributed by atoms with E-state index in [9.17, 15) is 0 Å². The van der Waals surface area contributed by atoms with Crippen LogP contribution in [0.5, 0.6) is 5.75 Å². The van der Waals surface area contributed by atoms with Crippen molar-refractivity contribution >= 4 is 21.6 Å². The number of fused-ring (bicyclic) bond motifs is 1. The van der Waals surface area contributed by atoms with Crippen LogP contribution in [0, 0.1) is 0 Å². The fourth-order valence-electron chi connectivity index (χ4n) is 2.01. The van der Waals surface area contributed by atoms with Gasteiger partial charge in [0.1, 0.15) is 17.4 Å². The Balaban J connectivity index is 1.77. The van der Waals surface area contributed by atoms with Crippen molar-refractivity contribution in [1.29, 1.82) is 0 Å². The predicted molar refractivity (Wildman–Crippen MR) is 88.8 cm³/mol. The van der Waals surface area contributed by atoms with Crippen molar-refractivity contribution in [2.45, 2.75) is 19.4 Å². The van der Waals surface area contributed by atoms with E-state index < -0.39 is 0 Å². The first-order valence-corrected chi connectivity index (χ1v) is 7.92. The van der Waals surface area contributed by atoms with Crippen molar-refractivity contribution in [3.63, 3.8) is 0 Å². The molecular formula is C17H18N2OS. The van der Waals surface area contributed by atoms with Gasteiger partial charge in [-0.3, -0.25) is 0 Å². The van der Waals surface area contributed by atoms with Crippen LogP contribution in [0.3, 0.4) is 0 Å². The van der Waals surface area contributed by atoms with Crippen LogP contribution < -0.4 is 10.5 Å². The fraction of sp³-hybridized carbons (Fsp3) is 0.235. The number of aromatic nitrogens is 1. The summed E-state index contributed by atoms with van der Waals surface area (Å²) in [6.07, 6.45) is 0.920. The summed E-state index contributed by atoms with van der Waals surface area (Å²) in [5.74, 6) is 0.851. The summed E-state index contributed by atoms with van der Waals surface area (Å²) in [6, 6.07) is 16.3. The summed E-state index contributed by atoms with van der Waals surface area (Å²) < 4.78 is 6.88. The van der Waals surface area contributed by atoms with Gasteiger partial charge in [-0.05, 0) is 42.8 Å². The largest absolute Gasteiger partial charge is 0.492 e. The zero-order valence-electron chi connectivity index (χ0n) is 12.0. The number of nitrogens with zero attached hydrogens (tertiary/aromatic N) is 1. The first kappa shape index (κ1) is 14.0. The standard InChI is InChI=1S/C17H18N2OS/c1-2-13(18)11-20-14-9-7-12(8-10-14)17-19-15-5-3-4-6-16(15)21-17/h3-10,13H,2,11,18H2,1H3. The molecule has 21 heavy (non-hydrogen) atoms. The highest BCUT2D eigenvalue weighted by Gasteiger charge is 2.06. The highest BCUT2D eigenvalue weighted by atomic mass is 32.1. The molecule has 0 bridgehead atoms. The molecule has 0 radical (unpaired) electrons. The van der Waals surface area contributed by atoms with E-state index in [4.69, 9.17) is 10.5 Å². The molecule has 0 aliphatic heterocycles. The third kappa shape index (κ3) is 3.23. The molecule has 108 valence electrons. The molecule has 0 spiro atoms. The van der Waals surface area contributed by atoms with Gasteiger partial charge in [-0.25, -0.2) is 4.98 Å². The lowest BCUT2D eigenvalue weighted by molar-refractivity contribution is 0.285. The second-order valence-electron chi connectivity index (χ2n) is 4.99. The van der Waals surface area contributed by atoms with E-state index in [1.54, 1.807) is 11.3 Å². The minimum absolute atomic E-state index is 0.0916. The van der Waals surface area contributed by atoms with E-state index in [0.29, 0.717) is 6.61 Å². The normalized spacial score (nSPS) is 12.5. The number of ether oxygens (including phenoxy) is 1. The highest BCUT2D eigenvalue weighted by molar-refractivity contribution is 7.21. The molecule has 1 unspecified atom stereocenters. The molecule has 1 atom stereocenters. The summed E-state index contributed by atoms with van der Waals surface area (Å²) in [4.78, 5) is 4.66. The maximum absolute atomic E-state index is 5.85. The lowest BCUT2D eigenvalue weighted by Crippen LogP contribution is -2.26. The van der Waals surface area contributed by atoms with E-state index in [-0.39, 0.29) is 6.04 Å². The molecule has 2 N–H and O–H groups in total. The molecule has 0 saturated carbocycles. The van der Waals surface area contributed by atoms with Crippen LogP contribution >= 0.6 is 11.3 Å². The molecule has 0 fully saturated rings. The fourth-order valence-corrected chi connectivity index (χ4v) is 2.98. The van der Waals surface area contributed by atoms with Gasteiger partial charge in [0, 0.05) is 11.6 Å². The van der Waals surface area contributed by atoms with Gasteiger partial charge in [-0.15, -0.1) is 11.3 Å². The van der Waals surface area contributed by atoms with Gasteiger partial charge >= 0.3 is 0 Å². The van der Waals surface area contributed by atoms with Crippen molar-refractivity contribution in [2.75, 3.05) is 6.61 Å². The number of hydrogen-bond donors (Lipinski definition) is 1. The average Bonchev–Trinajstić information content (AvgIpc) is 2.97. The van der Waals surface area contributed by atoms with Crippen molar-refractivity contribution in [1.82, 2.24) is 4.98 Å². The van der Waals surface area contributed by atoms with Gasteiger partial charge in [-0.2, -0.15) is 0 Å². The molecule has 2 aromatic carbocycles. The summed E-state index contributed by atoms with van der Waals surface area (Å²) in [5.41, 5.74) is 8.01. The van der Waals surface area contributed by atoms with Crippen LogP contribution in [0.2, 0.25) is 0 Å². The number of hydrogen-bond acceptors (Lipinski definition) is 4. The molecule has 3 nitrogen and oxygen atoms in total. The average molecular weight is 298 g/mol. The highest BCUT2D eigenvalue weighted by Crippen LogP contribution is 2.30. The number of nitrogens with two attached hydrogens (primary N) is 1. The van der Waals surface area contributed by atoms with Crippen LogP contribution in [0.4, 0.5) is 0 Å². The van der Waals surface area contributed by atoms with Crippen LogP contribution in [-0.4, -0.2) is 17.6 Å². The third-order valence-corrected chi connectivity index (χ3v) is 4.47. The lowest BCUT2D eigenvalue weighted by Gasteiger charge is -2.11. The summed E-state index contributed by atoms with van der Waals surface area (Å²) >= 11 is 1.71. The van der Waals surface area contributed by atoms with Crippen molar-refractivity contribution in [3.05, 3.63) is 48.5 Å². The van der Waals surface area contributed by atoms with Crippen molar-refractivity contribution in [2.24, 2.45) is 5.73 Å². The topological polar surface area (TPSA) is 48.1 Å². The Morgan fingerprint density at radius 2 is 1.90 bits per heavy atom. The van der Waals surface area contributed by atoms with Gasteiger partial charge in [0.2, 0.25) is 0 Å². The maximum atomic E-state index is 5.85. The zero-order valence-corrected chi connectivity index (χ0v) is 12.8. The minimum Gasteiger partial charge on any atom is -0.492 e. The van der Waals surface area contributed by atoms with Crippen LogP contribution in [-0.2, 0) is 0 Å². The molecule has 1 aromatic heterocycles. The van der Waals surface area contributed by atoms with Gasteiger partial charge in [-0.1, -0.05) is 19.1 Å². The molecule has 0 aliphatic rings. The van der Waals surface area contributed by atoms with E-state index >= 15 is 0 Å². The SMILES string of the molecule is CCC(N)COc1ccc(-c2nc3ccccc3s2)cc1. The number of rotatable bonds is 5. The summed E-state index contributed by atoms with van der Waals surface area (Å²) in [5, 5.41) is 1.04. The molecule has 0 saturated heterocycles. The van der Waals surface area contributed by atoms with Gasteiger partial charge in [0.05, 0.1) is 10.2 Å². The smallest absolute Gasteiger partial charge is 0.124 e. The Bertz CT molecular complexity index is 688.